The number of fused-ring (bicyclic) bond motifs is 1. The highest BCUT2D eigenvalue weighted by Gasteiger charge is 2.42. The summed E-state index contributed by atoms with van der Waals surface area (Å²) in [6, 6.07) is 0.850. The molecule has 1 saturated heterocycles. The van der Waals surface area contributed by atoms with Gasteiger partial charge in [-0.3, -0.25) is 4.90 Å². The maximum Gasteiger partial charge on any atom is 0.0332 e. The van der Waals surface area contributed by atoms with Gasteiger partial charge in [-0.15, -0.1) is 0 Å². The summed E-state index contributed by atoms with van der Waals surface area (Å²) in [6.07, 6.45) is 13.8. The van der Waals surface area contributed by atoms with Crippen LogP contribution in [0.3, 0.4) is 0 Å². The molecule has 0 aromatic heterocycles. The van der Waals surface area contributed by atoms with Gasteiger partial charge in [0.25, 0.3) is 0 Å². The molecule has 0 amide bonds. The summed E-state index contributed by atoms with van der Waals surface area (Å²) >= 11 is 0. The van der Waals surface area contributed by atoms with Crippen LogP contribution < -0.4 is 5.73 Å². The minimum Gasteiger partial charge on any atom is -0.329 e. The lowest BCUT2D eigenvalue weighted by Gasteiger charge is -2.54. The maximum absolute atomic E-state index is 6.27. The van der Waals surface area contributed by atoms with Crippen molar-refractivity contribution in [2.75, 3.05) is 13.1 Å². The summed E-state index contributed by atoms with van der Waals surface area (Å²) in [5.74, 6) is 0.974. The first-order valence-corrected chi connectivity index (χ1v) is 8.74. The molecule has 1 heterocycles. The maximum atomic E-state index is 6.27. The first-order chi connectivity index (χ1) is 9.27. The predicted molar refractivity (Wildman–Crippen MR) is 83.3 cm³/mol. The number of hydrogen-bond donors (Lipinski definition) is 1. The van der Waals surface area contributed by atoms with E-state index in [1.165, 1.54) is 70.8 Å². The third-order valence-corrected chi connectivity index (χ3v) is 5.89. The molecule has 1 saturated carbocycles. The van der Waals surface area contributed by atoms with Crippen molar-refractivity contribution < 1.29 is 0 Å². The molecule has 2 N–H and O–H groups in total. The van der Waals surface area contributed by atoms with Crippen LogP contribution in [0.2, 0.25) is 0 Å². The smallest absolute Gasteiger partial charge is 0.0332 e. The second-order valence-corrected chi connectivity index (χ2v) is 6.83. The fourth-order valence-electron chi connectivity index (χ4n) is 4.61. The van der Waals surface area contributed by atoms with Crippen LogP contribution in [0.5, 0.6) is 0 Å². The molecular weight excluding hydrogens is 232 g/mol. The van der Waals surface area contributed by atoms with Gasteiger partial charge in [-0.25, -0.2) is 0 Å². The monoisotopic (exact) mass is 266 g/mol. The van der Waals surface area contributed by atoms with Crippen molar-refractivity contribution in [1.29, 1.82) is 0 Å². The summed E-state index contributed by atoms with van der Waals surface area (Å²) in [7, 11) is 0. The van der Waals surface area contributed by atoms with Crippen molar-refractivity contribution in [1.82, 2.24) is 4.90 Å². The van der Waals surface area contributed by atoms with Crippen molar-refractivity contribution in [3.8, 4) is 0 Å². The van der Waals surface area contributed by atoms with E-state index in [2.05, 4.69) is 18.7 Å². The van der Waals surface area contributed by atoms with Crippen molar-refractivity contribution in [2.45, 2.75) is 89.6 Å². The summed E-state index contributed by atoms with van der Waals surface area (Å²) in [6.45, 7) is 6.81. The zero-order valence-corrected chi connectivity index (χ0v) is 13.2. The topological polar surface area (TPSA) is 29.3 Å². The van der Waals surface area contributed by atoms with E-state index in [0.29, 0.717) is 5.54 Å². The third kappa shape index (κ3) is 3.16. The Bertz CT molecular complexity index is 258. The molecule has 2 aliphatic rings. The van der Waals surface area contributed by atoms with E-state index in [9.17, 15) is 0 Å². The molecule has 2 fully saturated rings. The zero-order chi connectivity index (χ0) is 13.7. The Kier molecular flexibility index (Phi) is 5.70. The molecule has 3 atom stereocenters. The Hall–Kier alpha value is -0.0800. The second kappa shape index (κ2) is 7.08. The van der Waals surface area contributed by atoms with E-state index in [1.807, 2.05) is 0 Å². The van der Waals surface area contributed by atoms with E-state index in [0.717, 1.165) is 18.5 Å². The number of likely N-dealkylation sites (tertiary alicyclic amines) is 1. The Morgan fingerprint density at radius 3 is 2.53 bits per heavy atom. The van der Waals surface area contributed by atoms with Crippen LogP contribution in [0.25, 0.3) is 0 Å². The van der Waals surface area contributed by atoms with Gasteiger partial charge in [0.15, 0.2) is 0 Å². The molecule has 0 spiro atoms. The lowest BCUT2D eigenvalue weighted by atomic mass is 9.74. The van der Waals surface area contributed by atoms with Crippen molar-refractivity contribution in [3.05, 3.63) is 0 Å². The van der Waals surface area contributed by atoms with Crippen LogP contribution in [0.4, 0.5) is 0 Å². The lowest BCUT2D eigenvalue weighted by molar-refractivity contribution is -0.0328. The normalized spacial score (nSPS) is 31.7. The Balaban J connectivity index is 2.13. The van der Waals surface area contributed by atoms with Gasteiger partial charge in [0.05, 0.1) is 0 Å². The minimum absolute atomic E-state index is 0.302. The SMILES string of the molecule is CCCCC(CC)(CN)N1CCC[C@H]2CCCC[C@H]21. The van der Waals surface area contributed by atoms with Gasteiger partial charge in [0.1, 0.15) is 0 Å². The van der Waals surface area contributed by atoms with Crippen molar-refractivity contribution >= 4 is 0 Å². The highest BCUT2D eigenvalue weighted by molar-refractivity contribution is 4.99. The van der Waals surface area contributed by atoms with E-state index in [-0.39, 0.29) is 0 Å². The summed E-state index contributed by atoms with van der Waals surface area (Å²) in [4.78, 5) is 2.87. The number of nitrogens with two attached hydrogens (primary N) is 1. The van der Waals surface area contributed by atoms with Gasteiger partial charge < -0.3 is 5.73 Å². The predicted octanol–water partition coefficient (Wildman–Crippen LogP) is 3.94. The van der Waals surface area contributed by atoms with Crippen LogP contribution in [0.15, 0.2) is 0 Å². The molecule has 0 bridgehead atoms. The average molecular weight is 266 g/mol. The molecular formula is C17H34N2. The van der Waals surface area contributed by atoms with Gasteiger partial charge in [-0.05, 0) is 51.0 Å². The lowest BCUT2D eigenvalue weighted by Crippen LogP contribution is -2.61. The number of rotatable bonds is 6. The Morgan fingerprint density at radius 1 is 1.11 bits per heavy atom. The Labute approximate surface area is 120 Å². The largest absolute Gasteiger partial charge is 0.329 e. The number of piperidine rings is 1. The van der Waals surface area contributed by atoms with Crippen LogP contribution >= 0.6 is 0 Å². The molecule has 0 aromatic carbocycles. The second-order valence-electron chi connectivity index (χ2n) is 6.83. The third-order valence-electron chi connectivity index (χ3n) is 5.89. The van der Waals surface area contributed by atoms with Crippen molar-refractivity contribution in [3.63, 3.8) is 0 Å². The quantitative estimate of drug-likeness (QED) is 0.789. The van der Waals surface area contributed by atoms with E-state index in [1.54, 1.807) is 0 Å². The van der Waals surface area contributed by atoms with Crippen LogP contribution in [0, 0.1) is 5.92 Å². The van der Waals surface area contributed by atoms with Gasteiger partial charge in [-0.2, -0.15) is 0 Å². The molecule has 1 aliphatic carbocycles. The molecule has 2 rings (SSSR count). The Morgan fingerprint density at radius 2 is 1.84 bits per heavy atom. The zero-order valence-electron chi connectivity index (χ0n) is 13.2. The van der Waals surface area contributed by atoms with Gasteiger partial charge >= 0.3 is 0 Å². The van der Waals surface area contributed by atoms with Crippen LogP contribution in [-0.2, 0) is 0 Å². The van der Waals surface area contributed by atoms with E-state index < -0.39 is 0 Å². The molecule has 2 heteroatoms. The van der Waals surface area contributed by atoms with E-state index in [4.69, 9.17) is 5.73 Å². The standard InChI is InChI=1S/C17H34N2/c1-3-5-12-17(4-2,14-18)19-13-8-10-15-9-6-7-11-16(15)19/h15-16H,3-14,18H2,1-2H3/t15-,16-,17?/m1/s1. The first-order valence-electron chi connectivity index (χ1n) is 8.74. The number of hydrogen-bond acceptors (Lipinski definition) is 2. The van der Waals surface area contributed by atoms with Gasteiger partial charge in [-0.1, -0.05) is 39.5 Å². The molecule has 0 aromatic rings. The highest BCUT2D eigenvalue weighted by Crippen LogP contribution is 2.40. The van der Waals surface area contributed by atoms with Gasteiger partial charge in [0.2, 0.25) is 0 Å². The molecule has 2 nitrogen and oxygen atoms in total. The van der Waals surface area contributed by atoms with Gasteiger partial charge in [0, 0.05) is 18.1 Å². The number of unbranched alkanes of at least 4 members (excludes halogenated alkanes) is 1. The molecule has 0 radical (unpaired) electrons. The van der Waals surface area contributed by atoms with Crippen LogP contribution in [-0.4, -0.2) is 29.6 Å². The molecule has 112 valence electrons. The molecule has 1 aliphatic heterocycles. The fraction of sp³-hybridized carbons (Fsp3) is 1.00. The number of nitrogens with zero attached hydrogens (tertiary/aromatic N) is 1. The average Bonchev–Trinajstić information content (AvgIpc) is 2.49. The van der Waals surface area contributed by atoms with E-state index >= 15 is 0 Å². The summed E-state index contributed by atoms with van der Waals surface area (Å²) < 4.78 is 0. The highest BCUT2D eigenvalue weighted by atomic mass is 15.2. The fourth-order valence-corrected chi connectivity index (χ4v) is 4.61. The minimum atomic E-state index is 0.302. The molecule has 19 heavy (non-hydrogen) atoms. The van der Waals surface area contributed by atoms with Crippen LogP contribution in [0.1, 0.15) is 78.1 Å². The summed E-state index contributed by atoms with van der Waals surface area (Å²) in [5, 5.41) is 0. The molecule has 1 unspecified atom stereocenters. The first kappa shape index (κ1) is 15.3. The summed E-state index contributed by atoms with van der Waals surface area (Å²) in [5.41, 5.74) is 6.57. The van der Waals surface area contributed by atoms with Crippen molar-refractivity contribution in [2.24, 2.45) is 11.7 Å².